The topological polar surface area (TPSA) is 105 Å². The molecule has 0 amide bonds. The second-order valence-electron chi connectivity index (χ2n) is 10.3. The summed E-state index contributed by atoms with van der Waals surface area (Å²) in [6.45, 7) is 0.710. The van der Waals surface area contributed by atoms with E-state index in [2.05, 4.69) is 20.4 Å². The number of rotatable bonds is 9. The minimum absolute atomic E-state index is 0.355. The molecule has 0 N–H and O–H groups in total. The average molecular weight is 643 g/mol. The van der Waals surface area contributed by atoms with Crippen molar-refractivity contribution >= 4 is 34.9 Å². The van der Waals surface area contributed by atoms with E-state index in [1.165, 1.54) is 0 Å². The molecule has 8 rings (SSSR count). The Morgan fingerprint density at radius 1 is 0.500 bits per heavy atom. The molecule has 10 nitrogen and oxygen atoms in total. The Balaban J connectivity index is 0.979. The van der Waals surface area contributed by atoms with Gasteiger partial charge in [0.25, 0.3) is 0 Å². The quantitative estimate of drug-likeness (QED) is 0.168. The molecule has 12 heteroatoms. The number of aromatic nitrogens is 6. The van der Waals surface area contributed by atoms with Gasteiger partial charge in [-0.15, -0.1) is 20.4 Å². The highest BCUT2D eigenvalue weighted by atomic mass is 32.2. The van der Waals surface area contributed by atoms with E-state index >= 15 is 0 Å². The number of benzene rings is 4. The Morgan fingerprint density at radius 3 is 1.37 bits per heavy atom. The maximum atomic E-state index is 6.27. The predicted octanol–water partition coefficient (Wildman–Crippen LogP) is 6.38. The van der Waals surface area contributed by atoms with Gasteiger partial charge in [0.1, 0.15) is 24.7 Å². The lowest BCUT2D eigenvalue weighted by atomic mass is 10.1. The summed E-state index contributed by atoms with van der Waals surface area (Å²) in [5.41, 5.74) is 5.58. The molecule has 226 valence electrons. The van der Waals surface area contributed by atoms with Crippen molar-refractivity contribution in [3.8, 4) is 34.3 Å². The Labute approximate surface area is 273 Å². The van der Waals surface area contributed by atoms with Crippen LogP contribution in [0.25, 0.3) is 22.8 Å². The van der Waals surface area contributed by atoms with Crippen LogP contribution in [0.5, 0.6) is 11.5 Å². The van der Waals surface area contributed by atoms with Crippen molar-refractivity contribution < 1.29 is 9.47 Å². The molecular formula is C34H26N8O2S2. The summed E-state index contributed by atoms with van der Waals surface area (Å²) in [6, 6.07) is 35.8. The second kappa shape index (κ2) is 12.7. The average Bonchev–Trinajstić information content (AvgIpc) is 3.75. The number of fused-ring (bicyclic) bond motifs is 2. The van der Waals surface area contributed by atoms with Crippen LogP contribution in [-0.2, 0) is 0 Å². The van der Waals surface area contributed by atoms with Gasteiger partial charge >= 0.3 is 0 Å². The molecule has 0 fully saturated rings. The third-order valence-electron chi connectivity index (χ3n) is 7.40. The number of nitrogens with zero attached hydrogens (tertiary/aromatic N) is 8. The van der Waals surface area contributed by atoms with Crippen LogP contribution in [0.15, 0.2) is 130 Å². The minimum atomic E-state index is 0.355. The van der Waals surface area contributed by atoms with Crippen molar-refractivity contribution in [3.63, 3.8) is 0 Å². The van der Waals surface area contributed by atoms with Crippen LogP contribution in [0.4, 0.5) is 0 Å². The summed E-state index contributed by atoms with van der Waals surface area (Å²) in [5.74, 6) is 4.25. The molecule has 0 saturated carbocycles. The van der Waals surface area contributed by atoms with Gasteiger partial charge in [-0.1, -0.05) is 108 Å². The standard InChI is InChI=1S/C34H26N8O2S2/c1-3-11-23(12-4-1)31-35-37-33-41(31)39-27(21-45-33)25-15-7-9-17-29(25)43-19-20-44-30-18-10-8-16-26(30)28-22-46-34-38-36-32(42(34)40-28)24-13-5-2-6-14-24/h1-18H,19-22H2. The Kier molecular flexibility index (Phi) is 7.78. The number of hydrogen-bond donors (Lipinski definition) is 0. The molecule has 6 aromatic rings. The highest BCUT2D eigenvalue weighted by molar-refractivity contribution is 8.00. The third kappa shape index (κ3) is 5.57. The van der Waals surface area contributed by atoms with E-state index in [-0.39, 0.29) is 0 Å². The molecule has 0 bridgehead atoms. The minimum Gasteiger partial charge on any atom is -0.489 e. The fourth-order valence-electron chi connectivity index (χ4n) is 5.22. The zero-order valence-electron chi connectivity index (χ0n) is 24.4. The van der Waals surface area contributed by atoms with Gasteiger partial charge in [0.2, 0.25) is 10.3 Å². The zero-order valence-corrected chi connectivity index (χ0v) is 26.1. The van der Waals surface area contributed by atoms with Crippen molar-refractivity contribution in [3.05, 3.63) is 120 Å². The van der Waals surface area contributed by atoms with Gasteiger partial charge < -0.3 is 9.47 Å². The normalized spacial score (nSPS) is 13.7. The molecule has 46 heavy (non-hydrogen) atoms. The van der Waals surface area contributed by atoms with Gasteiger partial charge in [0.05, 0.1) is 11.4 Å². The first-order valence-electron chi connectivity index (χ1n) is 14.7. The fourth-order valence-corrected chi connectivity index (χ4v) is 6.87. The zero-order chi connectivity index (χ0) is 30.7. The van der Waals surface area contributed by atoms with Gasteiger partial charge in [-0.25, -0.2) is 0 Å². The number of thioether (sulfide) groups is 2. The maximum absolute atomic E-state index is 6.27. The molecule has 4 aromatic carbocycles. The van der Waals surface area contributed by atoms with Crippen molar-refractivity contribution in [1.82, 2.24) is 29.7 Å². The number of hydrogen-bond acceptors (Lipinski definition) is 10. The molecule has 4 heterocycles. The van der Waals surface area contributed by atoms with E-state index in [1.807, 2.05) is 119 Å². The van der Waals surface area contributed by atoms with Gasteiger partial charge in [-0.05, 0) is 24.3 Å². The Morgan fingerprint density at radius 2 is 0.913 bits per heavy atom. The SMILES string of the molecule is c1ccc(-c2nnc3n2N=C(c2ccccc2OCCOc2ccccc2C2=Nn4c(nnc4-c4ccccc4)SC2)CS3)cc1. The third-order valence-corrected chi connectivity index (χ3v) is 9.26. The van der Waals surface area contributed by atoms with Crippen LogP contribution < -0.4 is 9.47 Å². The van der Waals surface area contributed by atoms with E-state index < -0.39 is 0 Å². The van der Waals surface area contributed by atoms with Gasteiger partial charge in [0.15, 0.2) is 11.6 Å². The van der Waals surface area contributed by atoms with Crippen molar-refractivity contribution in [2.24, 2.45) is 10.2 Å². The van der Waals surface area contributed by atoms with Crippen LogP contribution in [0, 0.1) is 0 Å². The van der Waals surface area contributed by atoms with Crippen LogP contribution in [-0.4, -0.2) is 65.9 Å². The molecule has 2 aromatic heterocycles. The Hall–Kier alpha value is -5.20. The summed E-state index contributed by atoms with van der Waals surface area (Å²) in [4.78, 5) is 0. The van der Waals surface area contributed by atoms with Gasteiger partial charge in [-0.2, -0.15) is 19.6 Å². The molecule has 2 aliphatic rings. The highest BCUT2D eigenvalue weighted by Crippen LogP contribution is 2.32. The smallest absolute Gasteiger partial charge is 0.212 e. The van der Waals surface area contributed by atoms with E-state index in [0.29, 0.717) is 36.4 Å². The van der Waals surface area contributed by atoms with Crippen LogP contribution >= 0.6 is 23.5 Å². The van der Waals surface area contributed by atoms with Gasteiger partial charge in [-0.3, -0.25) is 0 Å². The predicted molar refractivity (Wildman–Crippen MR) is 180 cm³/mol. The summed E-state index contributed by atoms with van der Waals surface area (Å²) in [5, 5.41) is 28.9. The molecule has 2 aliphatic heterocycles. The molecule has 0 spiro atoms. The van der Waals surface area contributed by atoms with Crippen LogP contribution in [0.2, 0.25) is 0 Å². The van der Waals surface area contributed by atoms with Crippen molar-refractivity contribution in [2.45, 2.75) is 10.3 Å². The fraction of sp³-hybridized carbons (Fsp3) is 0.118. The number of para-hydroxylation sites is 2. The first-order chi connectivity index (χ1) is 22.8. The lowest BCUT2D eigenvalue weighted by molar-refractivity contribution is 0.216. The summed E-state index contributed by atoms with van der Waals surface area (Å²) < 4.78 is 16.2. The van der Waals surface area contributed by atoms with E-state index in [4.69, 9.17) is 19.7 Å². The monoisotopic (exact) mass is 642 g/mol. The van der Waals surface area contributed by atoms with Crippen LogP contribution in [0.3, 0.4) is 0 Å². The van der Waals surface area contributed by atoms with Crippen molar-refractivity contribution in [2.75, 3.05) is 24.7 Å². The lowest BCUT2D eigenvalue weighted by Crippen LogP contribution is -2.18. The Bertz CT molecular complexity index is 1930. The molecular weight excluding hydrogens is 617 g/mol. The largest absolute Gasteiger partial charge is 0.489 e. The molecule has 0 radical (unpaired) electrons. The van der Waals surface area contributed by atoms with Crippen molar-refractivity contribution in [1.29, 1.82) is 0 Å². The first kappa shape index (κ1) is 28.3. The molecule has 0 saturated heterocycles. The van der Waals surface area contributed by atoms with Crippen LogP contribution in [0.1, 0.15) is 11.1 Å². The van der Waals surface area contributed by atoms with E-state index in [0.717, 1.165) is 55.5 Å². The number of ether oxygens (including phenoxy) is 2. The first-order valence-corrected chi connectivity index (χ1v) is 16.7. The maximum Gasteiger partial charge on any atom is 0.212 e. The van der Waals surface area contributed by atoms with E-state index in [9.17, 15) is 0 Å². The molecule has 0 unspecified atom stereocenters. The summed E-state index contributed by atoms with van der Waals surface area (Å²) >= 11 is 3.22. The van der Waals surface area contributed by atoms with Gasteiger partial charge in [0, 0.05) is 33.8 Å². The molecule has 0 aliphatic carbocycles. The summed E-state index contributed by atoms with van der Waals surface area (Å²) in [6.07, 6.45) is 0. The summed E-state index contributed by atoms with van der Waals surface area (Å²) in [7, 11) is 0. The van der Waals surface area contributed by atoms with E-state index in [1.54, 1.807) is 23.5 Å². The lowest BCUT2D eigenvalue weighted by Gasteiger charge is -2.18. The molecule has 0 atom stereocenters. The highest BCUT2D eigenvalue weighted by Gasteiger charge is 2.24. The second-order valence-corrected chi connectivity index (χ2v) is 12.2.